The van der Waals surface area contributed by atoms with Gasteiger partial charge in [0.1, 0.15) is 11.6 Å². The molecule has 0 aliphatic rings. The summed E-state index contributed by atoms with van der Waals surface area (Å²) in [5.41, 5.74) is 2.47. The lowest BCUT2D eigenvalue weighted by atomic mass is 10.1. The molecule has 0 aliphatic carbocycles. The molecule has 0 amide bonds. The lowest BCUT2D eigenvalue weighted by Crippen LogP contribution is -2.28. The molecule has 0 saturated heterocycles. The minimum atomic E-state index is 0.680. The van der Waals surface area contributed by atoms with Crippen LogP contribution in [-0.4, -0.2) is 23.3 Å². The molecule has 0 atom stereocenters. The lowest BCUT2D eigenvalue weighted by molar-refractivity contribution is 0.664. The standard InChI is InChI=1S/C15H24N4/c1-5-7-9-19(10-8-6-2)15-14(11-16)12(3)13(4)17-18-15/h5-10H2,1-4H3. The second kappa shape index (κ2) is 7.73. The van der Waals surface area contributed by atoms with Crippen LogP contribution in [0, 0.1) is 25.2 Å². The zero-order valence-electron chi connectivity index (χ0n) is 12.5. The van der Waals surface area contributed by atoms with Gasteiger partial charge in [-0.05, 0) is 32.3 Å². The zero-order valence-corrected chi connectivity index (χ0v) is 12.5. The number of nitrogens with zero attached hydrogens (tertiary/aromatic N) is 4. The maximum atomic E-state index is 9.38. The van der Waals surface area contributed by atoms with E-state index in [1.54, 1.807) is 0 Å². The largest absolute Gasteiger partial charge is 0.354 e. The molecule has 0 saturated carbocycles. The summed E-state index contributed by atoms with van der Waals surface area (Å²) >= 11 is 0. The maximum Gasteiger partial charge on any atom is 0.169 e. The Morgan fingerprint density at radius 1 is 1.05 bits per heavy atom. The predicted molar refractivity (Wildman–Crippen MR) is 78.3 cm³/mol. The summed E-state index contributed by atoms with van der Waals surface area (Å²) in [6.45, 7) is 10.1. The van der Waals surface area contributed by atoms with Gasteiger partial charge in [0.05, 0.1) is 5.69 Å². The highest BCUT2D eigenvalue weighted by Gasteiger charge is 2.16. The van der Waals surface area contributed by atoms with Gasteiger partial charge in [-0.3, -0.25) is 0 Å². The molecule has 1 aromatic heterocycles. The number of anilines is 1. The number of hydrogen-bond acceptors (Lipinski definition) is 4. The Kier molecular flexibility index (Phi) is 6.27. The normalized spacial score (nSPS) is 10.3. The summed E-state index contributed by atoms with van der Waals surface area (Å²) in [5.74, 6) is 0.757. The average Bonchev–Trinajstić information content (AvgIpc) is 2.42. The van der Waals surface area contributed by atoms with Crippen molar-refractivity contribution < 1.29 is 0 Å². The first-order chi connectivity index (χ1) is 9.15. The number of aromatic nitrogens is 2. The van der Waals surface area contributed by atoms with Crippen molar-refractivity contribution in [1.29, 1.82) is 5.26 Å². The van der Waals surface area contributed by atoms with E-state index < -0.39 is 0 Å². The van der Waals surface area contributed by atoms with E-state index in [-0.39, 0.29) is 0 Å². The Hall–Kier alpha value is -1.63. The van der Waals surface area contributed by atoms with Crippen molar-refractivity contribution >= 4 is 5.82 Å². The molecule has 0 radical (unpaired) electrons. The molecule has 1 heterocycles. The van der Waals surface area contributed by atoms with E-state index in [4.69, 9.17) is 0 Å². The van der Waals surface area contributed by atoms with E-state index in [2.05, 4.69) is 35.0 Å². The number of unbranched alkanes of at least 4 members (excludes halogenated alkanes) is 2. The van der Waals surface area contributed by atoms with Crippen molar-refractivity contribution in [3.05, 3.63) is 16.8 Å². The monoisotopic (exact) mass is 260 g/mol. The van der Waals surface area contributed by atoms with Crippen LogP contribution in [0.2, 0.25) is 0 Å². The first-order valence-electron chi connectivity index (χ1n) is 7.14. The van der Waals surface area contributed by atoms with Crippen LogP contribution in [-0.2, 0) is 0 Å². The van der Waals surface area contributed by atoms with Crippen molar-refractivity contribution in [2.45, 2.75) is 53.4 Å². The molecule has 4 heteroatoms. The molecule has 1 aromatic rings. The molecule has 0 aromatic carbocycles. The second-order valence-corrected chi connectivity index (χ2v) is 4.91. The summed E-state index contributed by atoms with van der Waals surface area (Å²) < 4.78 is 0. The van der Waals surface area contributed by atoms with Gasteiger partial charge in [-0.15, -0.1) is 5.10 Å². The molecular formula is C15H24N4. The third-order valence-electron chi connectivity index (χ3n) is 3.41. The van der Waals surface area contributed by atoms with Crippen LogP contribution in [0.5, 0.6) is 0 Å². The number of hydrogen-bond donors (Lipinski definition) is 0. The Morgan fingerprint density at radius 3 is 2.11 bits per heavy atom. The molecule has 0 aliphatic heterocycles. The fourth-order valence-corrected chi connectivity index (χ4v) is 1.97. The van der Waals surface area contributed by atoms with Gasteiger partial charge in [-0.2, -0.15) is 10.4 Å². The van der Waals surface area contributed by atoms with Gasteiger partial charge >= 0.3 is 0 Å². The molecule has 4 nitrogen and oxygen atoms in total. The topological polar surface area (TPSA) is 52.8 Å². The summed E-state index contributed by atoms with van der Waals surface area (Å²) in [7, 11) is 0. The van der Waals surface area contributed by atoms with Gasteiger partial charge in [0.25, 0.3) is 0 Å². The van der Waals surface area contributed by atoms with E-state index in [1.807, 2.05) is 13.8 Å². The molecule has 19 heavy (non-hydrogen) atoms. The maximum absolute atomic E-state index is 9.38. The Morgan fingerprint density at radius 2 is 1.63 bits per heavy atom. The van der Waals surface area contributed by atoms with E-state index >= 15 is 0 Å². The Labute approximate surface area is 116 Å². The Bertz CT molecular complexity index is 440. The number of rotatable bonds is 7. The van der Waals surface area contributed by atoms with Gasteiger partial charge in [-0.1, -0.05) is 26.7 Å². The highest BCUT2D eigenvalue weighted by atomic mass is 15.3. The third kappa shape index (κ3) is 3.92. The molecule has 0 unspecified atom stereocenters. The van der Waals surface area contributed by atoms with Crippen LogP contribution in [0.15, 0.2) is 0 Å². The van der Waals surface area contributed by atoms with Gasteiger partial charge in [0.2, 0.25) is 0 Å². The highest BCUT2D eigenvalue weighted by molar-refractivity contribution is 5.57. The predicted octanol–water partition coefficient (Wildman–Crippen LogP) is 3.37. The highest BCUT2D eigenvalue weighted by Crippen LogP contribution is 2.22. The van der Waals surface area contributed by atoms with Crippen molar-refractivity contribution in [2.24, 2.45) is 0 Å². The molecular weight excluding hydrogens is 236 g/mol. The lowest BCUT2D eigenvalue weighted by Gasteiger charge is -2.24. The van der Waals surface area contributed by atoms with E-state index in [1.165, 1.54) is 0 Å². The smallest absolute Gasteiger partial charge is 0.169 e. The summed E-state index contributed by atoms with van der Waals surface area (Å²) in [6.07, 6.45) is 4.51. The third-order valence-corrected chi connectivity index (χ3v) is 3.41. The summed E-state index contributed by atoms with van der Waals surface area (Å²) in [5, 5.41) is 17.8. The molecule has 0 fully saturated rings. The van der Waals surface area contributed by atoms with Crippen LogP contribution < -0.4 is 4.90 Å². The first-order valence-corrected chi connectivity index (χ1v) is 7.14. The van der Waals surface area contributed by atoms with E-state index in [9.17, 15) is 5.26 Å². The molecule has 0 bridgehead atoms. The minimum absolute atomic E-state index is 0.680. The van der Waals surface area contributed by atoms with Gasteiger partial charge < -0.3 is 4.90 Å². The van der Waals surface area contributed by atoms with Gasteiger partial charge in [-0.25, -0.2) is 0 Å². The van der Waals surface area contributed by atoms with Crippen molar-refractivity contribution in [1.82, 2.24) is 10.2 Å². The Balaban J connectivity index is 3.07. The zero-order chi connectivity index (χ0) is 14.3. The van der Waals surface area contributed by atoms with Crippen LogP contribution in [0.4, 0.5) is 5.82 Å². The fourth-order valence-electron chi connectivity index (χ4n) is 1.97. The molecule has 1 rings (SSSR count). The number of nitriles is 1. The molecule has 0 N–H and O–H groups in total. The SMILES string of the molecule is CCCCN(CCCC)c1nnc(C)c(C)c1C#N. The van der Waals surface area contributed by atoms with Gasteiger partial charge in [0.15, 0.2) is 5.82 Å². The van der Waals surface area contributed by atoms with Crippen molar-refractivity contribution in [3.8, 4) is 6.07 Å². The van der Waals surface area contributed by atoms with Gasteiger partial charge in [0, 0.05) is 13.1 Å². The van der Waals surface area contributed by atoms with E-state index in [0.717, 1.165) is 55.8 Å². The van der Waals surface area contributed by atoms with Crippen molar-refractivity contribution in [2.75, 3.05) is 18.0 Å². The van der Waals surface area contributed by atoms with Crippen LogP contribution in [0.1, 0.15) is 56.4 Å². The van der Waals surface area contributed by atoms with E-state index in [0.29, 0.717) is 5.56 Å². The molecule has 0 spiro atoms. The fraction of sp³-hybridized carbons (Fsp3) is 0.667. The minimum Gasteiger partial charge on any atom is -0.354 e. The molecule has 104 valence electrons. The van der Waals surface area contributed by atoms with Crippen molar-refractivity contribution in [3.63, 3.8) is 0 Å². The van der Waals surface area contributed by atoms with Crippen LogP contribution in [0.25, 0.3) is 0 Å². The first kappa shape index (κ1) is 15.4. The number of aryl methyl sites for hydroxylation is 1. The van der Waals surface area contributed by atoms with Crippen LogP contribution in [0.3, 0.4) is 0 Å². The summed E-state index contributed by atoms with van der Waals surface area (Å²) in [4.78, 5) is 2.21. The average molecular weight is 260 g/mol. The summed E-state index contributed by atoms with van der Waals surface area (Å²) in [6, 6.07) is 2.29. The van der Waals surface area contributed by atoms with Crippen LogP contribution >= 0.6 is 0 Å². The quantitative estimate of drug-likeness (QED) is 0.754. The second-order valence-electron chi connectivity index (χ2n) is 4.91.